The average Bonchev–Trinajstić information content (AvgIpc) is 2.41. The molecule has 1 aliphatic heterocycles. The number of hydrogen-bond acceptors (Lipinski definition) is 3. The van der Waals surface area contributed by atoms with Crippen molar-refractivity contribution in [2.45, 2.75) is 32.8 Å². The van der Waals surface area contributed by atoms with Crippen molar-refractivity contribution in [2.75, 3.05) is 7.11 Å². The third kappa shape index (κ3) is 2.06. The highest BCUT2D eigenvalue weighted by molar-refractivity contribution is 9.10. The first-order valence-corrected chi connectivity index (χ1v) is 7.50. The van der Waals surface area contributed by atoms with E-state index in [0.29, 0.717) is 12.2 Å². The monoisotopic (exact) mass is 336 g/mol. The molecular formula is C16H17BrO3. The summed E-state index contributed by atoms with van der Waals surface area (Å²) in [5, 5.41) is 0. The van der Waals surface area contributed by atoms with Gasteiger partial charge in [-0.2, -0.15) is 0 Å². The number of carbonyl (C=O) groups is 1. The molecule has 0 bridgehead atoms. The maximum atomic E-state index is 12.2. The molecular weight excluding hydrogens is 320 g/mol. The lowest BCUT2D eigenvalue weighted by atomic mass is 9.70. The Morgan fingerprint density at radius 2 is 2.15 bits per heavy atom. The van der Waals surface area contributed by atoms with Crippen LogP contribution in [0.2, 0.25) is 0 Å². The first kappa shape index (κ1) is 13.7. The maximum Gasteiger partial charge on any atom is 0.169 e. The Morgan fingerprint density at radius 3 is 2.85 bits per heavy atom. The lowest BCUT2D eigenvalue weighted by molar-refractivity contribution is -0.120. The molecule has 0 radical (unpaired) electrons. The number of hydrogen-bond donors (Lipinski definition) is 0. The van der Waals surface area contributed by atoms with Crippen LogP contribution in [0.15, 0.2) is 22.2 Å². The molecule has 0 N–H and O–H groups in total. The third-order valence-corrected chi connectivity index (χ3v) is 4.58. The minimum atomic E-state index is -0.189. The zero-order chi connectivity index (χ0) is 14.5. The SMILES string of the molecule is COc1cc(Br)cc2c1O[C@H]1C(=C2)C(=O)CCC1(C)C. The molecule has 0 saturated heterocycles. The van der Waals surface area contributed by atoms with Gasteiger partial charge < -0.3 is 9.47 Å². The fourth-order valence-corrected chi connectivity index (χ4v) is 3.37. The van der Waals surface area contributed by atoms with Crippen LogP contribution in [0.1, 0.15) is 32.3 Å². The molecule has 106 valence electrons. The van der Waals surface area contributed by atoms with E-state index in [2.05, 4.69) is 29.8 Å². The Balaban J connectivity index is 2.16. The Hall–Kier alpha value is -1.29. The second-order valence-electron chi connectivity index (χ2n) is 6.04. The fraction of sp³-hybridized carbons (Fsp3) is 0.438. The van der Waals surface area contributed by atoms with Crippen LogP contribution in [0.25, 0.3) is 6.08 Å². The summed E-state index contributed by atoms with van der Waals surface area (Å²) in [4.78, 5) is 12.2. The van der Waals surface area contributed by atoms with E-state index in [-0.39, 0.29) is 17.3 Å². The predicted octanol–water partition coefficient (Wildman–Crippen LogP) is 3.99. The highest BCUT2D eigenvalue weighted by atomic mass is 79.9. The summed E-state index contributed by atoms with van der Waals surface area (Å²) in [6.07, 6.45) is 3.22. The maximum absolute atomic E-state index is 12.2. The van der Waals surface area contributed by atoms with Gasteiger partial charge in [-0.25, -0.2) is 0 Å². The Morgan fingerprint density at radius 1 is 1.40 bits per heavy atom. The highest BCUT2D eigenvalue weighted by Crippen LogP contribution is 2.47. The van der Waals surface area contributed by atoms with Gasteiger partial charge in [-0.1, -0.05) is 29.8 Å². The molecule has 1 heterocycles. The summed E-state index contributed by atoms with van der Waals surface area (Å²) in [6, 6.07) is 3.84. The summed E-state index contributed by atoms with van der Waals surface area (Å²) in [7, 11) is 1.63. The second-order valence-corrected chi connectivity index (χ2v) is 6.95. The Kier molecular flexibility index (Phi) is 3.16. The van der Waals surface area contributed by atoms with Gasteiger partial charge in [-0.05, 0) is 24.6 Å². The molecule has 0 amide bonds. The van der Waals surface area contributed by atoms with Crippen LogP contribution in [0.4, 0.5) is 0 Å². The van der Waals surface area contributed by atoms with Crippen molar-refractivity contribution in [1.82, 2.24) is 0 Å². The van der Waals surface area contributed by atoms with Gasteiger partial charge in [0, 0.05) is 27.4 Å². The average molecular weight is 337 g/mol. The summed E-state index contributed by atoms with van der Waals surface area (Å²) in [5.41, 5.74) is 1.64. The van der Waals surface area contributed by atoms with E-state index in [1.165, 1.54) is 0 Å². The zero-order valence-corrected chi connectivity index (χ0v) is 13.4. The summed E-state index contributed by atoms with van der Waals surface area (Å²) in [5.74, 6) is 1.62. The molecule has 4 heteroatoms. The number of carbonyl (C=O) groups excluding carboxylic acids is 1. The molecule has 0 unspecified atom stereocenters. The van der Waals surface area contributed by atoms with Gasteiger partial charge >= 0.3 is 0 Å². The first-order chi connectivity index (χ1) is 9.42. The van der Waals surface area contributed by atoms with Gasteiger partial charge in [0.05, 0.1) is 7.11 Å². The van der Waals surface area contributed by atoms with Crippen molar-refractivity contribution >= 4 is 27.8 Å². The number of Topliss-reactive ketones (excluding diaryl/α,β-unsaturated/α-hetero) is 1. The molecule has 2 aliphatic rings. The smallest absolute Gasteiger partial charge is 0.169 e. The van der Waals surface area contributed by atoms with Crippen molar-refractivity contribution in [2.24, 2.45) is 5.41 Å². The Labute approximate surface area is 127 Å². The van der Waals surface area contributed by atoms with Crippen LogP contribution >= 0.6 is 15.9 Å². The van der Waals surface area contributed by atoms with E-state index in [4.69, 9.17) is 9.47 Å². The molecule has 1 aromatic carbocycles. The molecule has 20 heavy (non-hydrogen) atoms. The van der Waals surface area contributed by atoms with Gasteiger partial charge in [0.15, 0.2) is 17.3 Å². The molecule has 3 rings (SSSR count). The minimum absolute atomic E-state index is 0.0461. The van der Waals surface area contributed by atoms with Gasteiger partial charge in [-0.3, -0.25) is 4.79 Å². The van der Waals surface area contributed by atoms with Gasteiger partial charge in [0.25, 0.3) is 0 Å². The van der Waals surface area contributed by atoms with Crippen molar-refractivity contribution in [3.63, 3.8) is 0 Å². The van der Waals surface area contributed by atoms with Crippen molar-refractivity contribution in [3.8, 4) is 11.5 Å². The van der Waals surface area contributed by atoms with Gasteiger partial charge in [-0.15, -0.1) is 0 Å². The normalized spacial score (nSPS) is 23.3. The lowest BCUT2D eigenvalue weighted by Gasteiger charge is -2.41. The van der Waals surface area contributed by atoms with Crippen molar-refractivity contribution < 1.29 is 14.3 Å². The Bertz CT molecular complexity index is 616. The standard InChI is InChI=1S/C16H17BrO3/c1-16(2)5-4-12(18)11-7-9-6-10(17)8-13(19-3)14(9)20-15(11)16/h6-8,15H,4-5H2,1-3H3/t15-/m0/s1. The van der Waals surface area contributed by atoms with Crippen molar-refractivity contribution in [3.05, 3.63) is 27.7 Å². The largest absolute Gasteiger partial charge is 0.493 e. The van der Waals surface area contributed by atoms with E-state index in [9.17, 15) is 4.79 Å². The number of fused-ring (bicyclic) bond motifs is 2. The topological polar surface area (TPSA) is 35.5 Å². The van der Waals surface area contributed by atoms with E-state index in [1.807, 2.05) is 18.2 Å². The number of methoxy groups -OCH3 is 1. The molecule has 0 spiro atoms. The third-order valence-electron chi connectivity index (χ3n) is 4.13. The molecule has 0 aromatic heterocycles. The van der Waals surface area contributed by atoms with Crippen LogP contribution in [-0.4, -0.2) is 19.0 Å². The van der Waals surface area contributed by atoms with E-state index in [0.717, 1.165) is 27.8 Å². The molecule has 1 atom stereocenters. The van der Waals surface area contributed by atoms with Gasteiger partial charge in [0.2, 0.25) is 0 Å². The number of rotatable bonds is 1. The van der Waals surface area contributed by atoms with Crippen LogP contribution in [0, 0.1) is 5.41 Å². The highest BCUT2D eigenvalue weighted by Gasteiger charge is 2.43. The molecule has 1 aliphatic carbocycles. The predicted molar refractivity (Wildman–Crippen MR) is 81.1 cm³/mol. The number of ether oxygens (including phenoxy) is 2. The van der Waals surface area contributed by atoms with Crippen LogP contribution in [0.3, 0.4) is 0 Å². The van der Waals surface area contributed by atoms with Crippen LogP contribution in [-0.2, 0) is 4.79 Å². The van der Waals surface area contributed by atoms with E-state index in [1.54, 1.807) is 7.11 Å². The van der Waals surface area contributed by atoms with E-state index >= 15 is 0 Å². The number of ketones is 1. The first-order valence-electron chi connectivity index (χ1n) is 6.71. The van der Waals surface area contributed by atoms with Crippen LogP contribution < -0.4 is 9.47 Å². The van der Waals surface area contributed by atoms with Crippen molar-refractivity contribution in [1.29, 1.82) is 0 Å². The number of halogens is 1. The quantitative estimate of drug-likeness (QED) is 0.777. The zero-order valence-electron chi connectivity index (χ0n) is 11.8. The molecule has 3 nitrogen and oxygen atoms in total. The fourth-order valence-electron chi connectivity index (χ4n) is 2.92. The lowest BCUT2D eigenvalue weighted by Crippen LogP contribution is -2.44. The molecule has 1 aromatic rings. The van der Waals surface area contributed by atoms with Gasteiger partial charge in [0.1, 0.15) is 6.10 Å². The summed E-state index contributed by atoms with van der Waals surface area (Å²) >= 11 is 3.46. The summed E-state index contributed by atoms with van der Waals surface area (Å²) in [6.45, 7) is 4.29. The minimum Gasteiger partial charge on any atom is -0.493 e. The van der Waals surface area contributed by atoms with Crippen LogP contribution in [0.5, 0.6) is 11.5 Å². The summed E-state index contributed by atoms with van der Waals surface area (Å²) < 4.78 is 12.5. The molecule has 1 saturated carbocycles. The number of benzene rings is 1. The second kappa shape index (κ2) is 4.62. The van der Waals surface area contributed by atoms with E-state index < -0.39 is 0 Å². The molecule has 1 fully saturated rings.